The summed E-state index contributed by atoms with van der Waals surface area (Å²) in [5, 5.41) is 12.8. The number of benzene rings is 2. The maximum atomic E-state index is 10.6. The molecule has 1 unspecified atom stereocenters. The van der Waals surface area contributed by atoms with Crippen LogP contribution >= 0.6 is 22.9 Å². The largest absolute Gasteiger partial charge is 0.383 e. The molecule has 0 bridgehead atoms. The van der Waals surface area contributed by atoms with E-state index in [-0.39, 0.29) is 0 Å². The Morgan fingerprint density at radius 1 is 1.11 bits per heavy atom. The van der Waals surface area contributed by atoms with Gasteiger partial charge in [-0.1, -0.05) is 54.1 Å². The van der Waals surface area contributed by atoms with Crippen molar-refractivity contribution in [2.45, 2.75) is 13.0 Å². The number of hydrogen-bond donors (Lipinski definition) is 1. The number of aryl methyl sites for hydroxylation is 1. The van der Waals surface area contributed by atoms with Gasteiger partial charge in [-0.15, -0.1) is 11.3 Å². The van der Waals surface area contributed by atoms with Crippen molar-refractivity contribution in [2.75, 3.05) is 0 Å². The van der Waals surface area contributed by atoms with Crippen molar-refractivity contribution in [3.8, 4) is 0 Å². The van der Waals surface area contributed by atoms with Gasteiger partial charge in [0.1, 0.15) is 6.10 Å². The van der Waals surface area contributed by atoms with E-state index < -0.39 is 6.10 Å². The van der Waals surface area contributed by atoms with E-state index >= 15 is 0 Å². The summed E-state index contributed by atoms with van der Waals surface area (Å²) in [7, 11) is 0. The summed E-state index contributed by atoms with van der Waals surface area (Å²) in [4.78, 5) is 0.888. The van der Waals surface area contributed by atoms with Gasteiger partial charge in [-0.2, -0.15) is 0 Å². The van der Waals surface area contributed by atoms with Gasteiger partial charge in [0.05, 0.1) is 4.34 Å². The van der Waals surface area contributed by atoms with Gasteiger partial charge in [0.25, 0.3) is 0 Å². The number of hydrogen-bond acceptors (Lipinski definition) is 2. The van der Waals surface area contributed by atoms with Crippen LogP contribution in [-0.2, 0) is 0 Å². The van der Waals surface area contributed by atoms with Crippen LogP contribution < -0.4 is 0 Å². The zero-order chi connectivity index (χ0) is 13.4. The highest BCUT2D eigenvalue weighted by Crippen LogP contribution is 2.36. The maximum Gasteiger partial charge on any atom is 0.114 e. The summed E-state index contributed by atoms with van der Waals surface area (Å²) in [6.45, 7) is 1.96. The van der Waals surface area contributed by atoms with Gasteiger partial charge >= 0.3 is 0 Å². The number of thiophene rings is 1. The molecule has 1 heterocycles. The second-order valence-electron chi connectivity index (χ2n) is 4.58. The van der Waals surface area contributed by atoms with E-state index in [1.54, 1.807) is 0 Å². The second-order valence-corrected chi connectivity index (χ2v) is 6.26. The van der Waals surface area contributed by atoms with Crippen molar-refractivity contribution in [3.05, 3.63) is 68.9 Å². The Balaban J connectivity index is 2.13. The lowest BCUT2D eigenvalue weighted by atomic mass is 9.99. The molecule has 0 saturated carbocycles. The third-order valence-electron chi connectivity index (χ3n) is 3.26. The molecule has 0 saturated heterocycles. The molecule has 0 aliphatic heterocycles. The predicted molar refractivity (Wildman–Crippen MR) is 82.1 cm³/mol. The van der Waals surface area contributed by atoms with Crippen molar-refractivity contribution in [3.63, 3.8) is 0 Å². The first-order valence-electron chi connectivity index (χ1n) is 6.08. The summed E-state index contributed by atoms with van der Waals surface area (Å²) >= 11 is 7.53. The summed E-state index contributed by atoms with van der Waals surface area (Å²) in [6.07, 6.45) is -0.623. The molecule has 1 nitrogen and oxygen atoms in total. The molecule has 3 aromatic rings. The maximum absolute atomic E-state index is 10.6. The first-order valence-corrected chi connectivity index (χ1v) is 7.28. The molecule has 1 N–H and O–H groups in total. The molecule has 0 radical (unpaired) electrons. The third-order valence-corrected chi connectivity index (χ3v) is 4.87. The monoisotopic (exact) mass is 288 g/mol. The Hall–Kier alpha value is -1.35. The van der Waals surface area contributed by atoms with Crippen molar-refractivity contribution in [1.82, 2.24) is 0 Å². The van der Waals surface area contributed by atoms with Crippen molar-refractivity contribution >= 4 is 33.7 Å². The lowest BCUT2D eigenvalue weighted by Gasteiger charge is -2.12. The smallest absolute Gasteiger partial charge is 0.114 e. The van der Waals surface area contributed by atoms with Crippen LogP contribution in [0.1, 0.15) is 22.1 Å². The van der Waals surface area contributed by atoms with Crippen LogP contribution in [0.4, 0.5) is 0 Å². The molecule has 0 amide bonds. The molecule has 19 heavy (non-hydrogen) atoms. The molecule has 0 aliphatic carbocycles. The van der Waals surface area contributed by atoms with Gasteiger partial charge in [0, 0.05) is 4.88 Å². The van der Waals surface area contributed by atoms with Crippen LogP contribution in [0, 0.1) is 6.92 Å². The summed E-state index contributed by atoms with van der Waals surface area (Å²) in [5.74, 6) is 0. The highest BCUT2D eigenvalue weighted by Gasteiger charge is 2.16. The van der Waals surface area contributed by atoms with Gasteiger partial charge in [-0.05, 0) is 34.9 Å². The normalized spacial score (nSPS) is 12.8. The molecule has 0 spiro atoms. The van der Waals surface area contributed by atoms with Crippen LogP contribution in [0.5, 0.6) is 0 Å². The van der Waals surface area contributed by atoms with Gasteiger partial charge in [0.15, 0.2) is 0 Å². The average Bonchev–Trinajstić information content (AvgIpc) is 2.77. The molecule has 2 aromatic carbocycles. The van der Waals surface area contributed by atoms with E-state index in [4.69, 9.17) is 11.6 Å². The fraction of sp³-hybridized carbons (Fsp3) is 0.125. The van der Waals surface area contributed by atoms with E-state index in [0.717, 1.165) is 31.1 Å². The molecule has 1 aromatic heterocycles. The fourth-order valence-corrected chi connectivity index (χ4v) is 3.48. The Kier molecular flexibility index (Phi) is 3.31. The average molecular weight is 289 g/mol. The van der Waals surface area contributed by atoms with Crippen LogP contribution in [0.3, 0.4) is 0 Å². The standard InChI is InChI=1S/C16H13ClOS/c1-10-9-14(19-16(10)17)15(18)13-8-4-6-11-5-2-3-7-12(11)13/h2-9,15,18H,1H3. The molecule has 1 atom stereocenters. The molecule has 3 heteroatoms. The first-order chi connectivity index (χ1) is 9.16. The third kappa shape index (κ3) is 2.27. The quantitative estimate of drug-likeness (QED) is 0.708. The summed E-state index contributed by atoms with van der Waals surface area (Å²) < 4.78 is 0.745. The van der Waals surface area contributed by atoms with E-state index in [1.807, 2.05) is 43.3 Å². The Labute approximate surface area is 121 Å². The highest BCUT2D eigenvalue weighted by molar-refractivity contribution is 7.16. The van der Waals surface area contributed by atoms with E-state index in [1.165, 1.54) is 11.3 Å². The van der Waals surface area contributed by atoms with Gasteiger partial charge in [-0.25, -0.2) is 0 Å². The van der Waals surface area contributed by atoms with Crippen molar-refractivity contribution < 1.29 is 5.11 Å². The van der Waals surface area contributed by atoms with Crippen molar-refractivity contribution in [1.29, 1.82) is 0 Å². The summed E-state index contributed by atoms with van der Waals surface area (Å²) in [5.41, 5.74) is 1.94. The number of halogens is 1. The second kappa shape index (κ2) is 4.97. The molecule has 3 rings (SSSR count). The first kappa shape index (κ1) is 12.7. The van der Waals surface area contributed by atoms with Gasteiger partial charge in [0.2, 0.25) is 0 Å². The van der Waals surface area contributed by atoms with Crippen LogP contribution in [0.2, 0.25) is 4.34 Å². The lowest BCUT2D eigenvalue weighted by Crippen LogP contribution is -1.97. The Morgan fingerprint density at radius 2 is 1.84 bits per heavy atom. The minimum atomic E-state index is -0.623. The van der Waals surface area contributed by atoms with Crippen LogP contribution in [-0.4, -0.2) is 5.11 Å². The van der Waals surface area contributed by atoms with E-state index in [0.29, 0.717) is 0 Å². The molecule has 0 aliphatic rings. The topological polar surface area (TPSA) is 20.2 Å². The minimum Gasteiger partial charge on any atom is -0.383 e. The predicted octanol–water partition coefficient (Wildman–Crippen LogP) is 4.94. The number of aliphatic hydroxyl groups is 1. The Bertz CT molecular complexity index is 708. The highest BCUT2D eigenvalue weighted by atomic mass is 35.5. The minimum absolute atomic E-state index is 0.623. The SMILES string of the molecule is Cc1cc(C(O)c2cccc3ccccc23)sc1Cl. The van der Waals surface area contributed by atoms with Crippen molar-refractivity contribution in [2.24, 2.45) is 0 Å². The zero-order valence-electron chi connectivity index (χ0n) is 10.4. The van der Waals surface area contributed by atoms with E-state index in [2.05, 4.69) is 12.1 Å². The fourth-order valence-electron chi connectivity index (χ4n) is 2.26. The molecule has 96 valence electrons. The number of aliphatic hydroxyl groups excluding tert-OH is 1. The van der Waals surface area contributed by atoms with Crippen LogP contribution in [0.15, 0.2) is 48.5 Å². The number of rotatable bonds is 2. The molecular weight excluding hydrogens is 276 g/mol. The summed E-state index contributed by atoms with van der Waals surface area (Å²) in [6, 6.07) is 16.0. The molecular formula is C16H13ClOS. The van der Waals surface area contributed by atoms with Gasteiger partial charge < -0.3 is 5.11 Å². The van der Waals surface area contributed by atoms with Crippen LogP contribution in [0.25, 0.3) is 10.8 Å². The molecule has 0 fully saturated rings. The number of fused-ring (bicyclic) bond motifs is 1. The lowest BCUT2D eigenvalue weighted by molar-refractivity contribution is 0.225. The van der Waals surface area contributed by atoms with Gasteiger partial charge in [-0.3, -0.25) is 0 Å². The zero-order valence-corrected chi connectivity index (χ0v) is 12.0. The van der Waals surface area contributed by atoms with E-state index in [9.17, 15) is 5.11 Å². The Morgan fingerprint density at radius 3 is 2.58 bits per heavy atom.